The van der Waals surface area contributed by atoms with Gasteiger partial charge in [-0.1, -0.05) is 0 Å². The van der Waals surface area contributed by atoms with Gasteiger partial charge in [-0.3, -0.25) is 9.59 Å². The first-order valence-corrected chi connectivity index (χ1v) is 8.85. The molecule has 1 aromatic heterocycles. The fourth-order valence-corrected chi connectivity index (χ4v) is 2.77. The Labute approximate surface area is 150 Å². The van der Waals surface area contributed by atoms with Gasteiger partial charge in [-0.05, 0) is 55.1 Å². The van der Waals surface area contributed by atoms with E-state index in [2.05, 4.69) is 15.8 Å². The zero-order valence-electron chi connectivity index (χ0n) is 14.2. The lowest BCUT2D eigenvalue weighted by Gasteiger charge is -2.07. The van der Waals surface area contributed by atoms with E-state index in [1.807, 2.05) is 25.3 Å². The van der Waals surface area contributed by atoms with Gasteiger partial charge in [0.1, 0.15) is 5.75 Å². The second-order valence-corrected chi connectivity index (χ2v) is 6.21. The highest BCUT2D eigenvalue weighted by atomic mass is 32.1. The van der Waals surface area contributed by atoms with Crippen LogP contribution in [0.4, 0.5) is 5.69 Å². The van der Waals surface area contributed by atoms with Gasteiger partial charge >= 0.3 is 0 Å². The summed E-state index contributed by atoms with van der Waals surface area (Å²) >= 11 is 1.55. The van der Waals surface area contributed by atoms with Gasteiger partial charge in [0.25, 0.3) is 0 Å². The van der Waals surface area contributed by atoms with Crippen LogP contribution in [0.2, 0.25) is 0 Å². The first kappa shape index (κ1) is 18.7. The fraction of sp³-hybridized carbons (Fsp3) is 0.278. The van der Waals surface area contributed by atoms with Crippen LogP contribution in [0, 0.1) is 6.92 Å². The summed E-state index contributed by atoms with van der Waals surface area (Å²) in [5.74, 6) is 0.225. The number of nitrogens with one attached hydrogen (secondary N) is 2. The van der Waals surface area contributed by atoms with Crippen molar-refractivity contribution in [2.75, 3.05) is 11.9 Å². The van der Waals surface area contributed by atoms with E-state index in [4.69, 9.17) is 4.74 Å². The molecule has 0 unspecified atom stereocenters. The standard InChI is InChI=1S/C18H21N3O3S/c1-3-24-15-6-4-14(5-7-15)20-17(22)8-9-18(23)21-19-12-16-13(2)10-11-25-16/h4-7,10-12H,3,8-9H2,1-2H3,(H,20,22)(H,21,23)/b19-12+. The molecule has 1 heterocycles. The number of rotatable bonds is 8. The molecule has 6 nitrogen and oxygen atoms in total. The monoisotopic (exact) mass is 359 g/mol. The molecular formula is C18H21N3O3S. The third-order valence-corrected chi connectivity index (χ3v) is 4.25. The number of anilines is 1. The molecule has 0 radical (unpaired) electrons. The van der Waals surface area contributed by atoms with Crippen LogP contribution in [0.1, 0.15) is 30.2 Å². The molecule has 2 amide bonds. The number of benzene rings is 1. The molecule has 0 saturated heterocycles. The molecule has 132 valence electrons. The van der Waals surface area contributed by atoms with E-state index in [-0.39, 0.29) is 24.7 Å². The van der Waals surface area contributed by atoms with Crippen molar-refractivity contribution in [1.82, 2.24) is 5.43 Å². The van der Waals surface area contributed by atoms with Crippen LogP contribution in [-0.2, 0) is 9.59 Å². The number of carbonyl (C=O) groups excluding carboxylic acids is 2. The summed E-state index contributed by atoms with van der Waals surface area (Å²) in [4.78, 5) is 24.6. The van der Waals surface area contributed by atoms with Crippen LogP contribution < -0.4 is 15.5 Å². The van der Waals surface area contributed by atoms with Crippen molar-refractivity contribution >= 4 is 35.1 Å². The number of nitrogens with zero attached hydrogens (tertiary/aromatic N) is 1. The number of hydrogen-bond acceptors (Lipinski definition) is 5. The minimum absolute atomic E-state index is 0.0730. The summed E-state index contributed by atoms with van der Waals surface area (Å²) in [7, 11) is 0. The lowest BCUT2D eigenvalue weighted by Crippen LogP contribution is -2.20. The Kier molecular flexibility index (Phi) is 7.16. The lowest BCUT2D eigenvalue weighted by atomic mass is 10.2. The van der Waals surface area contributed by atoms with Crippen LogP contribution in [-0.4, -0.2) is 24.6 Å². The van der Waals surface area contributed by atoms with Crippen LogP contribution in [0.5, 0.6) is 5.75 Å². The van der Waals surface area contributed by atoms with E-state index < -0.39 is 0 Å². The number of carbonyl (C=O) groups is 2. The van der Waals surface area contributed by atoms with Gasteiger partial charge in [0.15, 0.2) is 0 Å². The van der Waals surface area contributed by atoms with Gasteiger partial charge in [0.05, 0.1) is 12.8 Å². The predicted octanol–water partition coefficient (Wildman–Crippen LogP) is 3.32. The maximum absolute atomic E-state index is 11.9. The van der Waals surface area contributed by atoms with Gasteiger partial charge < -0.3 is 10.1 Å². The predicted molar refractivity (Wildman–Crippen MR) is 100 cm³/mol. The molecule has 0 spiro atoms. The molecule has 0 aliphatic rings. The zero-order valence-corrected chi connectivity index (χ0v) is 15.1. The highest BCUT2D eigenvalue weighted by Gasteiger charge is 2.07. The van der Waals surface area contributed by atoms with E-state index in [9.17, 15) is 9.59 Å². The fourth-order valence-electron chi connectivity index (χ4n) is 1.99. The minimum atomic E-state index is -0.299. The molecule has 0 aliphatic carbocycles. The van der Waals surface area contributed by atoms with Gasteiger partial charge in [-0.2, -0.15) is 5.10 Å². The van der Waals surface area contributed by atoms with E-state index in [0.717, 1.165) is 16.2 Å². The van der Waals surface area contributed by atoms with E-state index in [0.29, 0.717) is 12.3 Å². The molecule has 25 heavy (non-hydrogen) atoms. The van der Waals surface area contributed by atoms with Crippen molar-refractivity contribution in [3.05, 3.63) is 46.2 Å². The van der Waals surface area contributed by atoms with Gasteiger partial charge in [-0.15, -0.1) is 11.3 Å². The number of aryl methyl sites for hydroxylation is 1. The number of amides is 2. The third kappa shape index (κ3) is 6.39. The van der Waals surface area contributed by atoms with Crippen LogP contribution in [0.25, 0.3) is 0 Å². The largest absolute Gasteiger partial charge is 0.494 e. The van der Waals surface area contributed by atoms with Crippen molar-refractivity contribution < 1.29 is 14.3 Å². The molecule has 0 aliphatic heterocycles. The molecule has 2 rings (SSSR count). The number of hydrazone groups is 1. The molecule has 7 heteroatoms. The molecule has 0 fully saturated rings. The Morgan fingerprint density at radius 1 is 1.16 bits per heavy atom. The van der Waals surface area contributed by atoms with Crippen molar-refractivity contribution in [2.45, 2.75) is 26.7 Å². The zero-order chi connectivity index (χ0) is 18.1. The summed E-state index contributed by atoms with van der Waals surface area (Å²) < 4.78 is 5.34. The Bertz CT molecular complexity index is 738. The summed E-state index contributed by atoms with van der Waals surface area (Å²) in [6.07, 6.45) is 1.77. The second kappa shape index (κ2) is 9.58. The first-order valence-electron chi connectivity index (χ1n) is 7.97. The highest BCUT2D eigenvalue weighted by Crippen LogP contribution is 2.16. The molecule has 0 atom stereocenters. The summed E-state index contributed by atoms with van der Waals surface area (Å²) in [5.41, 5.74) is 4.21. The quantitative estimate of drug-likeness (QED) is 0.560. The number of thiophene rings is 1. The van der Waals surface area contributed by atoms with Crippen LogP contribution in [0.15, 0.2) is 40.8 Å². The Balaban J connectivity index is 1.71. The highest BCUT2D eigenvalue weighted by molar-refractivity contribution is 7.11. The average Bonchev–Trinajstić information content (AvgIpc) is 3.00. The van der Waals surface area contributed by atoms with Crippen molar-refractivity contribution in [3.63, 3.8) is 0 Å². The van der Waals surface area contributed by atoms with Gasteiger partial charge in [0.2, 0.25) is 11.8 Å². The maximum atomic E-state index is 11.9. The van der Waals surface area contributed by atoms with Crippen molar-refractivity contribution in [2.24, 2.45) is 5.10 Å². The molecule has 0 saturated carbocycles. The average molecular weight is 359 g/mol. The van der Waals surface area contributed by atoms with Crippen LogP contribution in [0.3, 0.4) is 0 Å². The topological polar surface area (TPSA) is 79.8 Å². The first-order chi connectivity index (χ1) is 12.1. The Morgan fingerprint density at radius 2 is 1.88 bits per heavy atom. The normalized spacial score (nSPS) is 10.6. The van der Waals surface area contributed by atoms with Gasteiger partial charge in [-0.25, -0.2) is 5.43 Å². The van der Waals surface area contributed by atoms with E-state index in [1.54, 1.807) is 41.8 Å². The third-order valence-electron chi connectivity index (χ3n) is 3.30. The van der Waals surface area contributed by atoms with Crippen molar-refractivity contribution in [1.29, 1.82) is 0 Å². The molecule has 2 aromatic rings. The molecule has 1 aromatic carbocycles. The summed E-state index contributed by atoms with van der Waals surface area (Å²) in [6.45, 7) is 4.48. The minimum Gasteiger partial charge on any atom is -0.494 e. The van der Waals surface area contributed by atoms with Crippen LogP contribution >= 0.6 is 11.3 Å². The number of ether oxygens (including phenoxy) is 1. The summed E-state index contributed by atoms with van der Waals surface area (Å²) in [5, 5.41) is 8.61. The lowest BCUT2D eigenvalue weighted by molar-refractivity contribution is -0.124. The maximum Gasteiger partial charge on any atom is 0.240 e. The van der Waals surface area contributed by atoms with Gasteiger partial charge in [0, 0.05) is 23.4 Å². The van der Waals surface area contributed by atoms with Crippen molar-refractivity contribution in [3.8, 4) is 5.75 Å². The van der Waals surface area contributed by atoms with E-state index >= 15 is 0 Å². The molecule has 2 N–H and O–H groups in total. The Morgan fingerprint density at radius 3 is 2.52 bits per heavy atom. The second-order valence-electron chi connectivity index (χ2n) is 5.27. The Hall–Kier alpha value is -2.67. The number of hydrogen-bond donors (Lipinski definition) is 2. The summed E-state index contributed by atoms with van der Waals surface area (Å²) in [6, 6.07) is 9.08. The molecular weight excluding hydrogens is 338 g/mol. The molecule has 0 bridgehead atoms. The SMILES string of the molecule is CCOc1ccc(NC(=O)CCC(=O)N/N=C/c2sccc2C)cc1. The smallest absolute Gasteiger partial charge is 0.240 e. The van der Waals surface area contributed by atoms with E-state index in [1.165, 1.54) is 0 Å².